The standard InChI is InChI=1S/C14H11N5/c1(2-13-7-16-10-17-8-13)12-3-4-14(18-9-12)19-6-5-15-11-19/h1-11H. The number of imidazole rings is 1. The van der Waals surface area contributed by atoms with Gasteiger partial charge in [0.15, 0.2) is 0 Å². The molecule has 0 bridgehead atoms. The van der Waals surface area contributed by atoms with E-state index >= 15 is 0 Å². The van der Waals surface area contributed by atoms with E-state index in [2.05, 4.69) is 19.9 Å². The lowest BCUT2D eigenvalue weighted by Crippen LogP contribution is -1.93. The molecule has 0 amide bonds. The van der Waals surface area contributed by atoms with Gasteiger partial charge in [0, 0.05) is 36.5 Å². The van der Waals surface area contributed by atoms with Crippen LogP contribution in [0.4, 0.5) is 0 Å². The van der Waals surface area contributed by atoms with Crippen molar-refractivity contribution in [3.8, 4) is 5.82 Å². The molecular formula is C14H11N5. The van der Waals surface area contributed by atoms with Crippen molar-refractivity contribution >= 4 is 12.2 Å². The van der Waals surface area contributed by atoms with Gasteiger partial charge >= 0.3 is 0 Å². The highest BCUT2D eigenvalue weighted by Gasteiger charge is 1.96. The van der Waals surface area contributed by atoms with Crippen LogP contribution in [0.1, 0.15) is 11.1 Å². The average molecular weight is 249 g/mol. The molecule has 3 rings (SSSR count). The fourth-order valence-corrected chi connectivity index (χ4v) is 1.63. The van der Waals surface area contributed by atoms with Crippen LogP contribution in [0.2, 0.25) is 0 Å². The first kappa shape index (κ1) is 11.3. The summed E-state index contributed by atoms with van der Waals surface area (Å²) in [6, 6.07) is 3.95. The van der Waals surface area contributed by atoms with Crippen LogP contribution < -0.4 is 0 Å². The van der Waals surface area contributed by atoms with Crippen molar-refractivity contribution in [1.29, 1.82) is 0 Å². The van der Waals surface area contributed by atoms with E-state index in [9.17, 15) is 0 Å². The summed E-state index contributed by atoms with van der Waals surface area (Å²) in [5, 5.41) is 0. The quantitative estimate of drug-likeness (QED) is 0.714. The van der Waals surface area contributed by atoms with Gasteiger partial charge < -0.3 is 0 Å². The molecule has 19 heavy (non-hydrogen) atoms. The Balaban J connectivity index is 1.78. The van der Waals surface area contributed by atoms with Crippen LogP contribution in [0.25, 0.3) is 18.0 Å². The molecule has 92 valence electrons. The first-order chi connectivity index (χ1) is 9.42. The molecule has 0 radical (unpaired) electrons. The van der Waals surface area contributed by atoms with E-state index in [0.29, 0.717) is 0 Å². The third-order valence-electron chi connectivity index (χ3n) is 2.59. The van der Waals surface area contributed by atoms with E-state index in [1.54, 1.807) is 24.9 Å². The Kier molecular flexibility index (Phi) is 3.10. The maximum Gasteiger partial charge on any atom is 0.137 e. The molecule has 0 aliphatic rings. The first-order valence-corrected chi connectivity index (χ1v) is 5.79. The van der Waals surface area contributed by atoms with E-state index in [0.717, 1.165) is 16.9 Å². The van der Waals surface area contributed by atoms with Crippen molar-refractivity contribution in [3.05, 3.63) is 66.9 Å². The third-order valence-corrected chi connectivity index (χ3v) is 2.59. The average Bonchev–Trinajstić information content (AvgIpc) is 3.01. The van der Waals surface area contributed by atoms with Gasteiger partial charge in [0.1, 0.15) is 18.5 Å². The van der Waals surface area contributed by atoms with Gasteiger partial charge in [-0.05, 0) is 17.7 Å². The van der Waals surface area contributed by atoms with Crippen molar-refractivity contribution in [2.75, 3.05) is 0 Å². The van der Waals surface area contributed by atoms with E-state index in [1.165, 1.54) is 6.33 Å². The second-order valence-corrected chi connectivity index (χ2v) is 3.92. The molecule has 0 aromatic carbocycles. The Morgan fingerprint density at radius 1 is 0.895 bits per heavy atom. The predicted octanol–water partition coefficient (Wildman–Crippen LogP) is 2.23. The normalized spacial score (nSPS) is 10.9. The number of hydrogen-bond acceptors (Lipinski definition) is 4. The summed E-state index contributed by atoms with van der Waals surface area (Å²) in [6.07, 6.45) is 16.1. The Morgan fingerprint density at radius 2 is 1.74 bits per heavy atom. The highest BCUT2D eigenvalue weighted by molar-refractivity contribution is 5.68. The SMILES string of the molecule is C(=Cc1ccc(-n2ccnc2)nc1)c1cncnc1. The van der Waals surface area contributed by atoms with Gasteiger partial charge in [0.05, 0.1) is 0 Å². The summed E-state index contributed by atoms with van der Waals surface area (Å²) in [5.41, 5.74) is 1.98. The maximum atomic E-state index is 4.37. The van der Waals surface area contributed by atoms with Crippen molar-refractivity contribution in [2.45, 2.75) is 0 Å². The summed E-state index contributed by atoms with van der Waals surface area (Å²) in [6.45, 7) is 0. The molecular weight excluding hydrogens is 238 g/mol. The second kappa shape index (κ2) is 5.22. The number of aromatic nitrogens is 5. The van der Waals surface area contributed by atoms with Crippen molar-refractivity contribution in [1.82, 2.24) is 24.5 Å². The Labute approximate surface area is 110 Å². The largest absolute Gasteiger partial charge is 0.291 e. The van der Waals surface area contributed by atoms with Gasteiger partial charge in [-0.2, -0.15) is 0 Å². The van der Waals surface area contributed by atoms with E-state index < -0.39 is 0 Å². The molecule has 0 fully saturated rings. The molecule has 0 saturated carbocycles. The second-order valence-electron chi connectivity index (χ2n) is 3.92. The van der Waals surface area contributed by atoms with E-state index in [1.807, 2.05) is 41.2 Å². The zero-order valence-corrected chi connectivity index (χ0v) is 10.1. The van der Waals surface area contributed by atoms with E-state index in [4.69, 9.17) is 0 Å². The summed E-state index contributed by atoms with van der Waals surface area (Å²) in [7, 11) is 0. The Bertz CT molecular complexity index is 657. The lowest BCUT2D eigenvalue weighted by atomic mass is 10.2. The van der Waals surface area contributed by atoms with Crippen LogP contribution in [0.3, 0.4) is 0 Å². The zero-order chi connectivity index (χ0) is 12.9. The van der Waals surface area contributed by atoms with E-state index in [-0.39, 0.29) is 0 Å². The molecule has 0 atom stereocenters. The van der Waals surface area contributed by atoms with Crippen molar-refractivity contribution < 1.29 is 0 Å². The monoisotopic (exact) mass is 249 g/mol. The molecule has 3 aromatic heterocycles. The minimum absolute atomic E-state index is 0.845. The van der Waals surface area contributed by atoms with Crippen molar-refractivity contribution in [2.24, 2.45) is 0 Å². The third kappa shape index (κ3) is 2.71. The number of hydrogen-bond donors (Lipinski definition) is 0. The Morgan fingerprint density at radius 3 is 2.42 bits per heavy atom. The fraction of sp³-hybridized carbons (Fsp3) is 0. The van der Waals surface area contributed by atoms with Gasteiger partial charge in [-0.1, -0.05) is 12.2 Å². The minimum atomic E-state index is 0.845. The van der Waals surface area contributed by atoms with Gasteiger partial charge in [-0.25, -0.2) is 19.9 Å². The minimum Gasteiger partial charge on any atom is -0.291 e. The number of rotatable bonds is 3. The van der Waals surface area contributed by atoms with Gasteiger partial charge in [-0.15, -0.1) is 0 Å². The maximum absolute atomic E-state index is 4.37. The van der Waals surface area contributed by atoms with Crippen LogP contribution in [0.5, 0.6) is 0 Å². The molecule has 0 unspecified atom stereocenters. The van der Waals surface area contributed by atoms with Crippen LogP contribution in [-0.4, -0.2) is 24.5 Å². The molecule has 3 aromatic rings. The van der Waals surface area contributed by atoms with Gasteiger partial charge in [0.2, 0.25) is 0 Å². The topological polar surface area (TPSA) is 56.5 Å². The van der Waals surface area contributed by atoms with Gasteiger partial charge in [0.25, 0.3) is 0 Å². The molecule has 0 saturated heterocycles. The summed E-state index contributed by atoms with van der Waals surface area (Å²) < 4.78 is 1.86. The van der Waals surface area contributed by atoms with Gasteiger partial charge in [-0.3, -0.25) is 4.57 Å². The summed E-state index contributed by atoms with van der Waals surface area (Å²) in [5.74, 6) is 0.845. The highest BCUT2D eigenvalue weighted by atomic mass is 15.1. The molecule has 0 aliphatic carbocycles. The number of nitrogens with zero attached hydrogens (tertiary/aromatic N) is 5. The van der Waals surface area contributed by atoms with Crippen LogP contribution in [0, 0.1) is 0 Å². The summed E-state index contributed by atoms with van der Waals surface area (Å²) in [4.78, 5) is 16.3. The van der Waals surface area contributed by atoms with Crippen LogP contribution in [-0.2, 0) is 0 Å². The first-order valence-electron chi connectivity index (χ1n) is 5.79. The molecule has 0 aliphatic heterocycles. The molecule has 0 spiro atoms. The van der Waals surface area contributed by atoms with Crippen molar-refractivity contribution in [3.63, 3.8) is 0 Å². The Hall–Kier alpha value is -2.82. The molecule has 5 nitrogen and oxygen atoms in total. The zero-order valence-electron chi connectivity index (χ0n) is 10.1. The lowest BCUT2D eigenvalue weighted by molar-refractivity contribution is 0.992. The predicted molar refractivity (Wildman–Crippen MR) is 72.3 cm³/mol. The smallest absolute Gasteiger partial charge is 0.137 e. The molecule has 5 heteroatoms. The van der Waals surface area contributed by atoms with Crippen LogP contribution in [0.15, 0.2) is 55.8 Å². The summed E-state index contributed by atoms with van der Waals surface area (Å²) >= 11 is 0. The fourth-order valence-electron chi connectivity index (χ4n) is 1.63. The van der Waals surface area contributed by atoms with Crippen LogP contribution >= 0.6 is 0 Å². The molecule has 0 N–H and O–H groups in total. The molecule has 3 heterocycles. The highest BCUT2D eigenvalue weighted by Crippen LogP contribution is 2.08. The lowest BCUT2D eigenvalue weighted by Gasteiger charge is -2.00. The number of pyridine rings is 1.